The van der Waals surface area contributed by atoms with Crippen molar-refractivity contribution in [1.82, 2.24) is 15.1 Å². The lowest BCUT2D eigenvalue weighted by molar-refractivity contribution is 0.423. The van der Waals surface area contributed by atoms with Gasteiger partial charge < -0.3 is 10.3 Å². The van der Waals surface area contributed by atoms with Crippen molar-refractivity contribution in [1.29, 1.82) is 0 Å². The second-order valence-corrected chi connectivity index (χ2v) is 4.38. The number of hydrogen-bond donors (Lipinski definition) is 1. The van der Waals surface area contributed by atoms with Crippen LogP contribution < -0.4 is 5.73 Å². The summed E-state index contributed by atoms with van der Waals surface area (Å²) in [5.74, 6) is 1.15. The van der Waals surface area contributed by atoms with E-state index >= 15 is 0 Å². The molecule has 0 atom stereocenters. The standard InChI is InChI=1S/C14H14N4O/c1-9-8-11(10-4-2-3-5-12(10)16-9)14-17-13(6-7-15)18-19-14/h2-5,8H,6-7,15H2,1H3. The van der Waals surface area contributed by atoms with Crippen molar-refractivity contribution in [3.8, 4) is 11.5 Å². The van der Waals surface area contributed by atoms with Gasteiger partial charge in [0.15, 0.2) is 5.82 Å². The number of rotatable bonds is 3. The summed E-state index contributed by atoms with van der Waals surface area (Å²) in [6.45, 7) is 2.46. The lowest BCUT2D eigenvalue weighted by Crippen LogP contribution is -2.03. The van der Waals surface area contributed by atoms with Crippen LogP contribution in [0.3, 0.4) is 0 Å². The van der Waals surface area contributed by atoms with Gasteiger partial charge in [0.25, 0.3) is 5.89 Å². The van der Waals surface area contributed by atoms with Gasteiger partial charge in [0, 0.05) is 17.5 Å². The van der Waals surface area contributed by atoms with E-state index in [2.05, 4.69) is 15.1 Å². The third-order valence-corrected chi connectivity index (χ3v) is 2.91. The molecule has 0 aliphatic rings. The largest absolute Gasteiger partial charge is 0.334 e. The average molecular weight is 254 g/mol. The summed E-state index contributed by atoms with van der Waals surface area (Å²) in [6.07, 6.45) is 0.617. The molecule has 1 aromatic carbocycles. The van der Waals surface area contributed by atoms with Crippen molar-refractivity contribution in [2.24, 2.45) is 5.73 Å². The molecule has 2 N–H and O–H groups in total. The van der Waals surface area contributed by atoms with Crippen molar-refractivity contribution in [3.63, 3.8) is 0 Å². The minimum Gasteiger partial charge on any atom is -0.334 e. The topological polar surface area (TPSA) is 77.8 Å². The number of pyridine rings is 1. The van der Waals surface area contributed by atoms with Crippen molar-refractivity contribution in [2.75, 3.05) is 6.54 Å². The van der Waals surface area contributed by atoms with Crippen LogP contribution in [0.5, 0.6) is 0 Å². The van der Waals surface area contributed by atoms with Crippen molar-refractivity contribution >= 4 is 10.9 Å². The normalized spacial score (nSPS) is 11.1. The van der Waals surface area contributed by atoms with Gasteiger partial charge in [-0.1, -0.05) is 23.4 Å². The van der Waals surface area contributed by atoms with Crippen LogP contribution >= 0.6 is 0 Å². The van der Waals surface area contributed by atoms with Gasteiger partial charge in [-0.15, -0.1) is 0 Å². The van der Waals surface area contributed by atoms with Crippen LogP contribution in [0.15, 0.2) is 34.9 Å². The number of para-hydroxylation sites is 1. The van der Waals surface area contributed by atoms with E-state index in [0.717, 1.165) is 22.2 Å². The second-order valence-electron chi connectivity index (χ2n) is 4.38. The Bertz CT molecular complexity index is 720. The molecule has 0 fully saturated rings. The summed E-state index contributed by atoms with van der Waals surface area (Å²) in [5.41, 5.74) is 8.26. The van der Waals surface area contributed by atoms with E-state index in [1.807, 2.05) is 37.3 Å². The summed E-state index contributed by atoms with van der Waals surface area (Å²) in [5, 5.41) is 4.94. The first kappa shape index (κ1) is 11.8. The number of aromatic nitrogens is 3. The van der Waals surface area contributed by atoms with E-state index in [0.29, 0.717) is 24.7 Å². The highest BCUT2D eigenvalue weighted by atomic mass is 16.5. The number of fused-ring (bicyclic) bond motifs is 1. The molecule has 3 aromatic rings. The molecule has 0 amide bonds. The fourth-order valence-corrected chi connectivity index (χ4v) is 2.08. The average Bonchev–Trinajstić information content (AvgIpc) is 2.86. The summed E-state index contributed by atoms with van der Waals surface area (Å²) in [4.78, 5) is 8.87. The van der Waals surface area contributed by atoms with E-state index in [9.17, 15) is 0 Å². The highest BCUT2D eigenvalue weighted by Crippen LogP contribution is 2.27. The number of nitrogens with zero attached hydrogens (tertiary/aromatic N) is 3. The summed E-state index contributed by atoms with van der Waals surface area (Å²) >= 11 is 0. The van der Waals surface area contributed by atoms with Crippen LogP contribution in [0.1, 0.15) is 11.5 Å². The van der Waals surface area contributed by atoms with Crippen LogP contribution in [0.2, 0.25) is 0 Å². The number of benzene rings is 1. The third-order valence-electron chi connectivity index (χ3n) is 2.91. The summed E-state index contributed by atoms with van der Waals surface area (Å²) in [6, 6.07) is 9.88. The van der Waals surface area contributed by atoms with Gasteiger partial charge in [0.1, 0.15) is 0 Å². The van der Waals surface area contributed by atoms with E-state index in [4.69, 9.17) is 10.3 Å². The SMILES string of the molecule is Cc1cc(-c2nc(CCN)no2)c2ccccc2n1. The van der Waals surface area contributed by atoms with E-state index in [1.165, 1.54) is 0 Å². The van der Waals surface area contributed by atoms with Gasteiger partial charge in [-0.2, -0.15) is 4.98 Å². The molecule has 0 spiro atoms. The first-order valence-corrected chi connectivity index (χ1v) is 6.17. The van der Waals surface area contributed by atoms with Gasteiger partial charge in [-0.3, -0.25) is 4.98 Å². The van der Waals surface area contributed by atoms with Crippen LogP contribution in [-0.2, 0) is 6.42 Å². The molecule has 2 heterocycles. The van der Waals surface area contributed by atoms with E-state index in [1.54, 1.807) is 0 Å². The van der Waals surface area contributed by atoms with Gasteiger partial charge >= 0.3 is 0 Å². The third kappa shape index (κ3) is 2.20. The number of hydrogen-bond acceptors (Lipinski definition) is 5. The first-order chi connectivity index (χ1) is 9.28. The molecule has 2 aromatic heterocycles. The van der Waals surface area contributed by atoms with Gasteiger partial charge in [-0.25, -0.2) is 0 Å². The number of nitrogens with two attached hydrogens (primary N) is 1. The lowest BCUT2D eigenvalue weighted by atomic mass is 10.1. The van der Waals surface area contributed by atoms with Gasteiger partial charge in [0.05, 0.1) is 11.1 Å². The Hall–Kier alpha value is -2.27. The van der Waals surface area contributed by atoms with Gasteiger partial charge in [0.2, 0.25) is 0 Å². The number of aryl methyl sites for hydroxylation is 1. The van der Waals surface area contributed by atoms with E-state index < -0.39 is 0 Å². The molecular formula is C14H14N4O. The fourth-order valence-electron chi connectivity index (χ4n) is 2.08. The highest BCUT2D eigenvalue weighted by molar-refractivity contribution is 5.92. The maximum atomic E-state index is 5.49. The maximum absolute atomic E-state index is 5.49. The Morgan fingerprint density at radius 1 is 1.21 bits per heavy atom. The van der Waals surface area contributed by atoms with Crippen LogP contribution in [0.25, 0.3) is 22.4 Å². The molecular weight excluding hydrogens is 240 g/mol. The first-order valence-electron chi connectivity index (χ1n) is 6.17. The fraction of sp³-hybridized carbons (Fsp3) is 0.214. The van der Waals surface area contributed by atoms with E-state index in [-0.39, 0.29) is 0 Å². The van der Waals surface area contributed by atoms with Crippen LogP contribution in [-0.4, -0.2) is 21.7 Å². The zero-order valence-electron chi connectivity index (χ0n) is 10.6. The molecule has 0 saturated carbocycles. The molecule has 0 unspecified atom stereocenters. The minimum atomic E-state index is 0.509. The molecule has 5 heteroatoms. The van der Waals surface area contributed by atoms with Crippen molar-refractivity contribution < 1.29 is 4.52 Å². The Morgan fingerprint density at radius 2 is 2.05 bits per heavy atom. The highest BCUT2D eigenvalue weighted by Gasteiger charge is 2.12. The molecule has 5 nitrogen and oxygen atoms in total. The van der Waals surface area contributed by atoms with Crippen LogP contribution in [0, 0.1) is 6.92 Å². The molecule has 19 heavy (non-hydrogen) atoms. The Labute approximate surface area is 110 Å². The molecule has 96 valence electrons. The maximum Gasteiger partial charge on any atom is 0.258 e. The Morgan fingerprint density at radius 3 is 2.89 bits per heavy atom. The molecule has 0 saturated heterocycles. The smallest absolute Gasteiger partial charge is 0.258 e. The molecule has 0 aliphatic heterocycles. The minimum absolute atomic E-state index is 0.509. The predicted octanol–water partition coefficient (Wildman–Crippen LogP) is 2.09. The molecule has 0 bridgehead atoms. The zero-order valence-corrected chi connectivity index (χ0v) is 10.6. The van der Waals surface area contributed by atoms with Crippen molar-refractivity contribution in [2.45, 2.75) is 13.3 Å². The van der Waals surface area contributed by atoms with Gasteiger partial charge in [-0.05, 0) is 25.6 Å². The molecule has 0 aliphatic carbocycles. The quantitative estimate of drug-likeness (QED) is 0.774. The summed E-state index contributed by atoms with van der Waals surface area (Å²) < 4.78 is 5.32. The lowest BCUT2D eigenvalue weighted by Gasteiger charge is -2.03. The summed E-state index contributed by atoms with van der Waals surface area (Å²) in [7, 11) is 0. The van der Waals surface area contributed by atoms with Crippen molar-refractivity contribution in [3.05, 3.63) is 41.9 Å². The predicted molar refractivity (Wildman–Crippen MR) is 72.5 cm³/mol. The second kappa shape index (κ2) is 4.78. The molecule has 0 radical (unpaired) electrons. The zero-order chi connectivity index (χ0) is 13.2. The van der Waals surface area contributed by atoms with Crippen LogP contribution in [0.4, 0.5) is 0 Å². The monoisotopic (exact) mass is 254 g/mol. The molecule has 3 rings (SSSR count). The Balaban J connectivity index is 2.17. The Kier molecular flexibility index (Phi) is 2.97.